The molecule has 20 heavy (non-hydrogen) atoms. The fourth-order valence-corrected chi connectivity index (χ4v) is 2.57. The molecule has 3 nitrogen and oxygen atoms in total. The molecule has 5 heteroatoms. The number of hydrogen-bond acceptors (Lipinski definition) is 1. The van der Waals surface area contributed by atoms with Crippen molar-refractivity contribution >= 4 is 43.6 Å². The number of para-hydroxylation sites is 1. The molecule has 0 saturated heterocycles. The fraction of sp³-hybridized carbons (Fsp3) is 0.133. The van der Waals surface area contributed by atoms with Crippen LogP contribution in [0.4, 0.5) is 10.5 Å². The number of nitrogens with one attached hydrogen (secondary N) is 2. The topological polar surface area (TPSA) is 41.1 Å². The van der Waals surface area contributed by atoms with Gasteiger partial charge in [0.2, 0.25) is 0 Å². The Morgan fingerprint density at radius 3 is 2.60 bits per heavy atom. The lowest BCUT2D eigenvalue weighted by Crippen LogP contribution is -2.30. The Morgan fingerprint density at radius 1 is 1.05 bits per heavy atom. The van der Waals surface area contributed by atoms with Crippen LogP contribution in [0.15, 0.2) is 57.5 Å². The summed E-state index contributed by atoms with van der Waals surface area (Å²) in [7, 11) is 0. The summed E-state index contributed by atoms with van der Waals surface area (Å²) in [6, 6.07) is 15.4. The molecule has 104 valence electrons. The normalized spacial score (nSPS) is 10.1. The smallest absolute Gasteiger partial charge is 0.319 e. The Bertz CT molecular complexity index is 602. The van der Waals surface area contributed by atoms with Gasteiger partial charge in [0.15, 0.2) is 0 Å². The molecule has 0 aromatic heterocycles. The molecule has 0 fully saturated rings. The number of rotatable bonds is 4. The number of halogens is 2. The second-order valence-corrected chi connectivity index (χ2v) is 6.01. The minimum Gasteiger partial charge on any atom is -0.338 e. The van der Waals surface area contributed by atoms with E-state index in [0.29, 0.717) is 6.54 Å². The number of urea groups is 1. The summed E-state index contributed by atoms with van der Waals surface area (Å²) < 4.78 is 1.91. The predicted molar refractivity (Wildman–Crippen MR) is 89.0 cm³/mol. The van der Waals surface area contributed by atoms with Crippen molar-refractivity contribution in [2.45, 2.75) is 6.42 Å². The van der Waals surface area contributed by atoms with Gasteiger partial charge in [-0.3, -0.25) is 0 Å². The molecule has 0 aliphatic carbocycles. The molecule has 0 bridgehead atoms. The van der Waals surface area contributed by atoms with Crippen LogP contribution in [0.25, 0.3) is 0 Å². The Balaban J connectivity index is 1.80. The van der Waals surface area contributed by atoms with E-state index in [0.717, 1.165) is 21.1 Å². The zero-order valence-electron chi connectivity index (χ0n) is 10.7. The predicted octanol–water partition coefficient (Wildman–Crippen LogP) is 4.58. The maximum atomic E-state index is 11.8. The molecule has 2 rings (SSSR count). The quantitative estimate of drug-likeness (QED) is 0.779. The molecule has 0 aliphatic rings. The Kier molecular flexibility index (Phi) is 5.61. The number of anilines is 1. The van der Waals surface area contributed by atoms with E-state index in [-0.39, 0.29) is 6.03 Å². The molecule has 0 unspecified atom stereocenters. The van der Waals surface area contributed by atoms with Gasteiger partial charge in [0.05, 0.1) is 5.69 Å². The van der Waals surface area contributed by atoms with Crippen molar-refractivity contribution in [1.29, 1.82) is 0 Å². The molecule has 0 atom stereocenters. The van der Waals surface area contributed by atoms with Crippen molar-refractivity contribution in [1.82, 2.24) is 5.32 Å². The van der Waals surface area contributed by atoms with Crippen LogP contribution in [0.2, 0.25) is 0 Å². The lowest BCUT2D eigenvalue weighted by molar-refractivity contribution is 0.252. The lowest BCUT2D eigenvalue weighted by atomic mass is 10.1. The second kappa shape index (κ2) is 7.45. The maximum Gasteiger partial charge on any atom is 0.319 e. The number of hydrogen-bond donors (Lipinski definition) is 2. The van der Waals surface area contributed by atoms with Crippen LogP contribution < -0.4 is 10.6 Å². The summed E-state index contributed by atoms with van der Waals surface area (Å²) in [4.78, 5) is 11.8. The van der Waals surface area contributed by atoms with Crippen LogP contribution in [-0.4, -0.2) is 12.6 Å². The first kappa shape index (κ1) is 15.1. The Labute approximate surface area is 135 Å². The third kappa shape index (κ3) is 4.65. The number of amides is 2. The van der Waals surface area contributed by atoms with E-state index in [9.17, 15) is 4.79 Å². The molecule has 0 radical (unpaired) electrons. The highest BCUT2D eigenvalue weighted by Gasteiger charge is 2.03. The Morgan fingerprint density at radius 2 is 1.85 bits per heavy atom. The number of benzene rings is 2. The van der Waals surface area contributed by atoms with E-state index < -0.39 is 0 Å². The first-order valence-electron chi connectivity index (χ1n) is 6.19. The van der Waals surface area contributed by atoms with E-state index in [1.807, 2.05) is 48.5 Å². The first-order valence-corrected chi connectivity index (χ1v) is 7.77. The monoisotopic (exact) mass is 396 g/mol. The van der Waals surface area contributed by atoms with Crippen molar-refractivity contribution in [3.8, 4) is 0 Å². The largest absolute Gasteiger partial charge is 0.338 e. The van der Waals surface area contributed by atoms with Crippen molar-refractivity contribution in [2.75, 3.05) is 11.9 Å². The van der Waals surface area contributed by atoms with Crippen molar-refractivity contribution in [2.24, 2.45) is 0 Å². The lowest BCUT2D eigenvalue weighted by Gasteiger charge is -2.09. The zero-order chi connectivity index (χ0) is 14.4. The average Bonchev–Trinajstić information content (AvgIpc) is 2.41. The van der Waals surface area contributed by atoms with E-state index >= 15 is 0 Å². The van der Waals surface area contributed by atoms with E-state index in [1.165, 1.54) is 5.56 Å². The summed E-state index contributed by atoms with van der Waals surface area (Å²) in [6.45, 7) is 0.590. The van der Waals surface area contributed by atoms with Gasteiger partial charge in [-0.25, -0.2) is 4.79 Å². The van der Waals surface area contributed by atoms with Gasteiger partial charge in [-0.1, -0.05) is 40.2 Å². The summed E-state index contributed by atoms with van der Waals surface area (Å²) in [5, 5.41) is 5.64. The van der Waals surface area contributed by atoms with Gasteiger partial charge in [-0.05, 0) is 52.2 Å². The minimum atomic E-state index is -0.202. The van der Waals surface area contributed by atoms with Crippen LogP contribution in [0.1, 0.15) is 5.56 Å². The van der Waals surface area contributed by atoms with Crippen molar-refractivity contribution < 1.29 is 4.79 Å². The third-order valence-corrected chi connectivity index (χ3v) is 3.90. The molecule has 2 N–H and O–H groups in total. The molecule has 0 heterocycles. The number of carbonyl (C=O) groups is 1. The summed E-state index contributed by atoms with van der Waals surface area (Å²) >= 11 is 6.82. The first-order chi connectivity index (χ1) is 9.65. The van der Waals surface area contributed by atoms with Gasteiger partial charge in [-0.2, -0.15) is 0 Å². The number of carbonyl (C=O) groups excluding carboxylic acids is 1. The zero-order valence-corrected chi connectivity index (χ0v) is 13.9. The summed E-state index contributed by atoms with van der Waals surface area (Å²) in [5.74, 6) is 0. The van der Waals surface area contributed by atoms with Gasteiger partial charge in [-0.15, -0.1) is 0 Å². The van der Waals surface area contributed by atoms with Gasteiger partial charge in [0.25, 0.3) is 0 Å². The fourth-order valence-electron chi connectivity index (χ4n) is 1.74. The highest BCUT2D eigenvalue weighted by Crippen LogP contribution is 2.20. The van der Waals surface area contributed by atoms with Gasteiger partial charge < -0.3 is 10.6 Å². The van der Waals surface area contributed by atoms with E-state index in [4.69, 9.17) is 0 Å². The highest BCUT2D eigenvalue weighted by atomic mass is 79.9. The SMILES string of the molecule is O=C(NCCc1cccc(Br)c1)Nc1ccccc1Br. The second-order valence-electron chi connectivity index (χ2n) is 4.24. The van der Waals surface area contributed by atoms with Gasteiger partial charge in [0, 0.05) is 15.5 Å². The van der Waals surface area contributed by atoms with Crippen molar-refractivity contribution in [3.05, 3.63) is 63.0 Å². The van der Waals surface area contributed by atoms with Crippen LogP contribution in [0.5, 0.6) is 0 Å². The molecular formula is C15H14Br2N2O. The van der Waals surface area contributed by atoms with Crippen molar-refractivity contribution in [3.63, 3.8) is 0 Å². The molecule has 2 aromatic carbocycles. The van der Waals surface area contributed by atoms with Crippen LogP contribution in [0, 0.1) is 0 Å². The summed E-state index contributed by atoms with van der Waals surface area (Å²) in [5.41, 5.74) is 1.94. The Hall–Kier alpha value is -1.33. The minimum absolute atomic E-state index is 0.202. The van der Waals surface area contributed by atoms with Gasteiger partial charge in [0.1, 0.15) is 0 Å². The van der Waals surface area contributed by atoms with Crippen LogP contribution in [0.3, 0.4) is 0 Å². The molecule has 2 aromatic rings. The van der Waals surface area contributed by atoms with Gasteiger partial charge >= 0.3 is 6.03 Å². The van der Waals surface area contributed by atoms with E-state index in [2.05, 4.69) is 42.5 Å². The standard InChI is InChI=1S/C15H14Br2N2O/c16-12-5-3-4-11(10-12)8-9-18-15(20)19-14-7-2-1-6-13(14)17/h1-7,10H,8-9H2,(H2,18,19,20). The molecule has 0 saturated carbocycles. The van der Waals surface area contributed by atoms with Crippen LogP contribution in [-0.2, 0) is 6.42 Å². The van der Waals surface area contributed by atoms with Crippen LogP contribution >= 0.6 is 31.9 Å². The molecule has 2 amide bonds. The molecule has 0 spiro atoms. The molecular weight excluding hydrogens is 384 g/mol. The third-order valence-electron chi connectivity index (χ3n) is 2.71. The molecule has 0 aliphatic heterocycles. The highest BCUT2D eigenvalue weighted by molar-refractivity contribution is 9.10. The summed E-state index contributed by atoms with van der Waals surface area (Å²) in [6.07, 6.45) is 0.794. The average molecular weight is 398 g/mol. The maximum absolute atomic E-state index is 11.8. The van der Waals surface area contributed by atoms with E-state index in [1.54, 1.807) is 0 Å².